The molecule has 36 heavy (non-hydrogen) atoms. The summed E-state index contributed by atoms with van der Waals surface area (Å²) in [6, 6.07) is 10.8. The molecule has 0 saturated heterocycles. The second-order valence-electron chi connectivity index (χ2n) is 9.39. The summed E-state index contributed by atoms with van der Waals surface area (Å²) in [4.78, 5) is 38.8. The number of allylic oxidation sites excluding steroid dienone is 3. The highest BCUT2D eigenvalue weighted by molar-refractivity contribution is 6.30. The van der Waals surface area contributed by atoms with Crippen LogP contribution in [0.5, 0.6) is 0 Å². The second-order valence-corrected chi connectivity index (χ2v) is 9.87. The van der Waals surface area contributed by atoms with E-state index in [0.29, 0.717) is 47.5 Å². The lowest BCUT2D eigenvalue weighted by molar-refractivity contribution is -0.138. The van der Waals surface area contributed by atoms with Crippen LogP contribution >= 0.6 is 11.6 Å². The van der Waals surface area contributed by atoms with Gasteiger partial charge < -0.3 is 15.1 Å². The second kappa shape index (κ2) is 10.5. The summed E-state index contributed by atoms with van der Waals surface area (Å²) in [6.45, 7) is 0.0738. The number of halogens is 1. The number of rotatable bonds is 6. The van der Waals surface area contributed by atoms with Gasteiger partial charge in [-0.05, 0) is 54.7 Å². The molecule has 2 aliphatic carbocycles. The summed E-state index contributed by atoms with van der Waals surface area (Å²) in [7, 11) is 0. The van der Waals surface area contributed by atoms with Crippen LogP contribution in [0.15, 0.2) is 71.4 Å². The van der Waals surface area contributed by atoms with Gasteiger partial charge in [0, 0.05) is 23.2 Å². The molecule has 0 bridgehead atoms. The molecule has 2 unspecified atom stereocenters. The van der Waals surface area contributed by atoms with Crippen LogP contribution < -0.4 is 5.48 Å². The third-order valence-corrected chi connectivity index (χ3v) is 7.38. The van der Waals surface area contributed by atoms with Crippen molar-refractivity contribution in [2.45, 2.75) is 62.5 Å². The number of carbonyl (C=O) groups is 2. The van der Waals surface area contributed by atoms with Crippen LogP contribution in [0.1, 0.15) is 53.2 Å². The number of fused-ring (bicyclic) bond motifs is 1. The molecule has 8 nitrogen and oxygen atoms in total. The van der Waals surface area contributed by atoms with Crippen molar-refractivity contribution in [3.63, 3.8) is 0 Å². The zero-order chi connectivity index (χ0) is 25.2. The van der Waals surface area contributed by atoms with E-state index in [1.54, 1.807) is 48.7 Å². The number of hydrogen-bond acceptors (Lipinski definition) is 6. The van der Waals surface area contributed by atoms with Gasteiger partial charge in [0.25, 0.3) is 11.8 Å². The van der Waals surface area contributed by atoms with Crippen molar-refractivity contribution in [3.8, 4) is 0 Å². The summed E-state index contributed by atoms with van der Waals surface area (Å²) < 4.78 is 0. The van der Waals surface area contributed by atoms with Crippen molar-refractivity contribution in [1.82, 2.24) is 15.4 Å². The molecule has 0 spiro atoms. The van der Waals surface area contributed by atoms with E-state index in [4.69, 9.17) is 16.4 Å². The van der Waals surface area contributed by atoms with E-state index in [2.05, 4.69) is 10.5 Å². The molecule has 5 atom stereocenters. The van der Waals surface area contributed by atoms with Gasteiger partial charge in [-0.2, -0.15) is 0 Å². The Balaban J connectivity index is 1.53. The van der Waals surface area contributed by atoms with Crippen molar-refractivity contribution < 1.29 is 24.6 Å². The Kier molecular flexibility index (Phi) is 7.20. The Bertz CT molecular complexity index is 1190. The Hall–Kier alpha value is -3.04. The Morgan fingerprint density at radius 2 is 1.86 bits per heavy atom. The van der Waals surface area contributed by atoms with E-state index < -0.39 is 36.1 Å². The van der Waals surface area contributed by atoms with Gasteiger partial charge >= 0.3 is 0 Å². The lowest BCUT2D eigenvalue weighted by Gasteiger charge is -2.49. The highest BCUT2D eigenvalue weighted by Crippen LogP contribution is 2.43. The average Bonchev–Trinajstić information content (AvgIpc) is 3.31. The molecule has 2 heterocycles. The van der Waals surface area contributed by atoms with Crippen LogP contribution in [0, 0.1) is 0 Å². The highest BCUT2D eigenvalue weighted by atomic mass is 35.5. The Labute approximate surface area is 214 Å². The summed E-state index contributed by atoms with van der Waals surface area (Å²) in [5, 5.41) is 22.4. The lowest BCUT2D eigenvalue weighted by atomic mass is 9.76. The van der Waals surface area contributed by atoms with Crippen molar-refractivity contribution in [2.24, 2.45) is 0 Å². The van der Waals surface area contributed by atoms with Crippen LogP contribution in [-0.2, 0) is 16.2 Å². The molecule has 1 saturated carbocycles. The molecular formula is C27H28ClN3O5. The Morgan fingerprint density at radius 3 is 2.56 bits per heavy atom. The van der Waals surface area contributed by atoms with E-state index in [-0.39, 0.29) is 12.5 Å². The smallest absolute Gasteiger partial charge is 0.255 e. The normalized spacial score (nSPS) is 27.8. The van der Waals surface area contributed by atoms with Gasteiger partial charge in [-0.25, -0.2) is 5.48 Å². The number of hydrogen-bond donors (Lipinski definition) is 3. The van der Waals surface area contributed by atoms with Crippen LogP contribution in [0.25, 0.3) is 0 Å². The first-order chi connectivity index (χ1) is 17.5. The Morgan fingerprint density at radius 1 is 1.11 bits per heavy atom. The van der Waals surface area contributed by atoms with Gasteiger partial charge in [-0.3, -0.25) is 19.4 Å². The molecule has 2 amide bonds. The molecular weight excluding hydrogens is 482 g/mol. The van der Waals surface area contributed by atoms with E-state index in [9.17, 15) is 19.8 Å². The number of aliphatic hydroxyl groups excluding tert-OH is 2. The first kappa shape index (κ1) is 24.6. The molecule has 1 aromatic carbocycles. The average molecular weight is 510 g/mol. The molecule has 1 aromatic heterocycles. The number of nitrogens with one attached hydrogen (secondary N) is 1. The number of aliphatic hydroxyl groups is 2. The molecule has 3 N–H and O–H groups in total. The number of hydroxylamine groups is 1. The van der Waals surface area contributed by atoms with E-state index >= 15 is 0 Å². The topological polar surface area (TPSA) is 112 Å². The molecule has 3 aliphatic rings. The molecule has 5 rings (SSSR count). The summed E-state index contributed by atoms with van der Waals surface area (Å²) in [5.74, 6) is -1.61. The molecule has 9 heteroatoms. The minimum Gasteiger partial charge on any atom is -0.391 e. The zero-order valence-corrected chi connectivity index (χ0v) is 20.3. The van der Waals surface area contributed by atoms with Crippen molar-refractivity contribution in [3.05, 3.63) is 88.2 Å². The van der Waals surface area contributed by atoms with Gasteiger partial charge in [0.15, 0.2) is 0 Å². The van der Waals surface area contributed by atoms with Gasteiger partial charge in [0.2, 0.25) is 0 Å². The maximum atomic E-state index is 13.9. The predicted octanol–water partition coefficient (Wildman–Crippen LogP) is 2.96. The first-order valence-corrected chi connectivity index (χ1v) is 12.5. The van der Waals surface area contributed by atoms with Crippen molar-refractivity contribution >= 4 is 23.4 Å². The van der Waals surface area contributed by atoms with Crippen molar-refractivity contribution in [1.29, 1.82) is 0 Å². The third-order valence-electron chi connectivity index (χ3n) is 7.12. The molecule has 188 valence electrons. The minimum atomic E-state index is -0.917. The fourth-order valence-electron chi connectivity index (χ4n) is 5.50. The van der Waals surface area contributed by atoms with E-state index in [1.807, 2.05) is 12.1 Å². The van der Waals surface area contributed by atoms with Crippen LogP contribution in [0.2, 0.25) is 0 Å². The summed E-state index contributed by atoms with van der Waals surface area (Å²) in [5.41, 5.74) is 4.88. The van der Waals surface area contributed by atoms with E-state index in [1.165, 1.54) is 4.90 Å². The van der Waals surface area contributed by atoms with Gasteiger partial charge in [-0.1, -0.05) is 41.9 Å². The molecule has 1 aliphatic heterocycles. The summed E-state index contributed by atoms with van der Waals surface area (Å²) in [6.07, 6.45) is 5.32. The maximum absolute atomic E-state index is 13.9. The largest absolute Gasteiger partial charge is 0.391 e. The highest BCUT2D eigenvalue weighted by Gasteiger charge is 2.51. The number of benzene rings is 1. The number of aromatic nitrogens is 1. The number of nitrogens with zero attached hydrogens (tertiary/aromatic N) is 2. The van der Waals surface area contributed by atoms with Gasteiger partial charge in [0.1, 0.15) is 6.61 Å². The number of carbonyl (C=O) groups excluding carboxylic acids is 2. The predicted molar refractivity (Wildman–Crippen MR) is 133 cm³/mol. The zero-order valence-electron chi connectivity index (χ0n) is 19.6. The monoisotopic (exact) mass is 509 g/mol. The maximum Gasteiger partial charge on any atom is 0.255 e. The summed E-state index contributed by atoms with van der Waals surface area (Å²) >= 11 is 6.31. The quantitative estimate of drug-likeness (QED) is 0.516. The van der Waals surface area contributed by atoms with E-state index in [0.717, 1.165) is 5.57 Å². The number of pyridine rings is 1. The minimum absolute atomic E-state index is 0.0738. The lowest BCUT2D eigenvalue weighted by Crippen LogP contribution is -2.63. The fraction of sp³-hybridized carbons (Fsp3) is 0.370. The van der Waals surface area contributed by atoms with Crippen LogP contribution in [0.3, 0.4) is 0 Å². The van der Waals surface area contributed by atoms with Gasteiger partial charge in [-0.15, -0.1) is 0 Å². The first-order valence-electron chi connectivity index (χ1n) is 12.1. The molecule has 1 fully saturated rings. The van der Waals surface area contributed by atoms with Gasteiger partial charge in [0.05, 0.1) is 35.9 Å². The standard InChI is InChI=1S/C27H28ClN3O5/c28-17-12-11-16(14-17)24-23(26(34)30-36-15-18-6-3-4-13-29-18)19-7-1-2-8-20(19)27(35)31(24)25-21(32)9-5-10-22(25)33/h1-4,6-8,11-13,21-25,32-33H,5,9-10,14-15H2,(H,30,34)/t21-,22+,23?,24-,25?/m0/s1. The van der Waals surface area contributed by atoms with Crippen molar-refractivity contribution in [2.75, 3.05) is 0 Å². The molecule has 0 radical (unpaired) electrons. The third kappa shape index (κ3) is 4.69. The van der Waals surface area contributed by atoms with Crippen LogP contribution in [0.4, 0.5) is 0 Å². The SMILES string of the molecule is O=C(NOCc1ccccn1)C1c2ccccc2C(=O)N(C2[C@H](O)CCC[C@@H]2O)[C@H]1C1=CC=C(Cl)C1. The number of amides is 2. The van der Waals surface area contributed by atoms with Crippen LogP contribution in [-0.4, -0.2) is 56.2 Å². The fourth-order valence-corrected chi connectivity index (χ4v) is 5.72. The molecule has 2 aromatic rings.